The van der Waals surface area contributed by atoms with Gasteiger partial charge in [-0.2, -0.15) is 0 Å². The largest absolute Gasteiger partial charge is 0.379 e. The molecule has 1 fully saturated rings. The van der Waals surface area contributed by atoms with Crippen LogP contribution in [0, 0.1) is 17.8 Å². The van der Waals surface area contributed by atoms with Crippen LogP contribution in [0.25, 0.3) is 0 Å². The van der Waals surface area contributed by atoms with Crippen LogP contribution in [-0.2, 0) is 23.9 Å². The molecule has 11 heteroatoms. The predicted molar refractivity (Wildman–Crippen MR) is 176 cm³/mol. The minimum Gasteiger partial charge on any atom is -0.379 e. The maximum atomic E-state index is 13.9. The highest BCUT2D eigenvalue weighted by Gasteiger charge is 2.42. The van der Waals surface area contributed by atoms with Gasteiger partial charge in [-0.05, 0) is 31.1 Å². The Bertz CT molecular complexity index is 1100. The van der Waals surface area contributed by atoms with Gasteiger partial charge in [0.2, 0.25) is 17.7 Å². The number of likely N-dealkylation sites (tertiary alicyclic amines) is 1. The number of likely N-dealkylation sites (N-methyl/N-ethyl adjacent to an activating group) is 1. The van der Waals surface area contributed by atoms with Crippen LogP contribution in [-0.4, -0.2) is 90.7 Å². The molecule has 248 valence electrons. The Morgan fingerprint density at radius 3 is 2.43 bits per heavy atom. The first kappa shape index (κ1) is 37.6. The van der Waals surface area contributed by atoms with Gasteiger partial charge >= 0.3 is 0 Å². The molecule has 1 aromatic rings. The molecule has 0 radical (unpaired) electrons. The number of ether oxygens (including phenoxy) is 2. The number of hydrogen-bond acceptors (Lipinski definition) is 8. The number of nitrogens with one attached hydrogen (secondary N) is 1. The van der Waals surface area contributed by atoms with Crippen LogP contribution < -0.4 is 11.1 Å². The van der Waals surface area contributed by atoms with Crippen molar-refractivity contribution in [2.45, 2.75) is 103 Å². The highest BCUT2D eigenvalue weighted by molar-refractivity contribution is 7.09. The lowest BCUT2D eigenvalue weighted by molar-refractivity contribution is -0.146. The molecule has 0 aliphatic carbocycles. The van der Waals surface area contributed by atoms with Crippen LogP contribution in [0.15, 0.2) is 36.4 Å². The standard InChI is InChI=1S/C33H55N5O5S/c1-11-21(5)18-24(32-35-15-17-44-32)36-31(40)23(7)30(43-10)25-14-13-16-38(25)27(39)19-26(42-9)29(22(6)12-2)37(8)33(41)28(34)20(3)4/h11,15,17,20,22-26,28-30H,1,5,12-14,16,18-19,34H2,2-4,6-10H3,(H,36,40)/t22-,23+,24-,25-,26+,28-,29-,30+/m0/s1. The average Bonchev–Trinajstić information content (AvgIpc) is 3.72. The van der Waals surface area contributed by atoms with Gasteiger partial charge in [0.1, 0.15) is 5.01 Å². The molecule has 3 N–H and O–H groups in total. The Kier molecular flexibility index (Phi) is 15.2. The molecule has 1 aromatic heterocycles. The summed E-state index contributed by atoms with van der Waals surface area (Å²) in [6.45, 7) is 18.2. The second kappa shape index (κ2) is 17.8. The highest BCUT2D eigenvalue weighted by Crippen LogP contribution is 2.30. The van der Waals surface area contributed by atoms with E-state index in [-0.39, 0.29) is 54.1 Å². The number of allylic oxidation sites excluding steroid dienone is 1. The SMILES string of the molecule is C=CC(=C)C[C@H](NC(=O)[C@H](C)[C@@H](OC)[C@@H]1CCCN1C(=O)C[C@@H](OC)[C@H]([C@@H](C)CC)N(C)C(=O)[C@@H](N)C(C)C)c1nccs1. The molecule has 8 atom stereocenters. The molecule has 44 heavy (non-hydrogen) atoms. The molecule has 2 rings (SSSR count). The summed E-state index contributed by atoms with van der Waals surface area (Å²) in [6.07, 6.45) is 5.29. The van der Waals surface area contributed by atoms with E-state index in [2.05, 4.69) is 37.3 Å². The van der Waals surface area contributed by atoms with Crippen LogP contribution >= 0.6 is 11.3 Å². The molecular weight excluding hydrogens is 578 g/mol. The smallest absolute Gasteiger partial charge is 0.239 e. The Morgan fingerprint density at radius 2 is 1.91 bits per heavy atom. The third-order valence-electron chi connectivity index (χ3n) is 9.08. The molecular formula is C33H55N5O5S. The third kappa shape index (κ3) is 9.45. The molecule has 1 saturated heterocycles. The number of amides is 3. The number of rotatable bonds is 18. The minimum absolute atomic E-state index is 0.0154. The first-order chi connectivity index (χ1) is 20.8. The lowest BCUT2D eigenvalue weighted by atomic mass is 9.89. The van der Waals surface area contributed by atoms with Gasteiger partial charge in [0.05, 0.1) is 48.7 Å². The Morgan fingerprint density at radius 1 is 1.23 bits per heavy atom. The van der Waals surface area contributed by atoms with Crippen molar-refractivity contribution in [2.75, 3.05) is 27.8 Å². The average molecular weight is 634 g/mol. The number of thiazole rings is 1. The van der Waals surface area contributed by atoms with Gasteiger partial charge in [-0.3, -0.25) is 14.4 Å². The van der Waals surface area contributed by atoms with Gasteiger partial charge in [0.25, 0.3) is 0 Å². The minimum atomic E-state index is -0.636. The van der Waals surface area contributed by atoms with Crippen molar-refractivity contribution >= 4 is 29.1 Å². The van der Waals surface area contributed by atoms with Gasteiger partial charge in [0.15, 0.2) is 0 Å². The zero-order valence-electron chi connectivity index (χ0n) is 28.0. The fourth-order valence-electron chi connectivity index (χ4n) is 6.08. The fraction of sp³-hybridized carbons (Fsp3) is 0.697. The van der Waals surface area contributed by atoms with Crippen molar-refractivity contribution < 1.29 is 23.9 Å². The normalized spacial score (nSPS) is 19.9. The van der Waals surface area contributed by atoms with E-state index in [4.69, 9.17) is 15.2 Å². The molecule has 0 bridgehead atoms. The van der Waals surface area contributed by atoms with Crippen LogP contribution in [0.1, 0.15) is 77.8 Å². The van der Waals surface area contributed by atoms with E-state index in [1.165, 1.54) is 11.3 Å². The monoisotopic (exact) mass is 633 g/mol. The zero-order valence-corrected chi connectivity index (χ0v) is 28.8. The second-order valence-electron chi connectivity index (χ2n) is 12.4. The van der Waals surface area contributed by atoms with Gasteiger partial charge in [-0.15, -0.1) is 11.3 Å². The van der Waals surface area contributed by atoms with E-state index >= 15 is 0 Å². The quantitative estimate of drug-likeness (QED) is 0.230. The Labute approximate surface area is 268 Å². The first-order valence-corrected chi connectivity index (χ1v) is 16.6. The van der Waals surface area contributed by atoms with Crippen LogP contribution in [0.2, 0.25) is 0 Å². The third-order valence-corrected chi connectivity index (χ3v) is 9.97. The molecule has 0 saturated carbocycles. The van der Waals surface area contributed by atoms with Crippen molar-refractivity contribution in [2.24, 2.45) is 23.5 Å². The summed E-state index contributed by atoms with van der Waals surface area (Å²) in [5.41, 5.74) is 7.03. The van der Waals surface area contributed by atoms with Crippen molar-refractivity contribution in [1.29, 1.82) is 0 Å². The molecule has 1 aliphatic rings. The number of methoxy groups -OCH3 is 2. The maximum Gasteiger partial charge on any atom is 0.239 e. The Hall–Kier alpha value is -2.60. The summed E-state index contributed by atoms with van der Waals surface area (Å²) in [4.78, 5) is 48.6. The van der Waals surface area contributed by atoms with Crippen LogP contribution in [0.5, 0.6) is 0 Å². The second-order valence-corrected chi connectivity index (χ2v) is 13.3. The van der Waals surface area contributed by atoms with Crippen molar-refractivity contribution in [1.82, 2.24) is 20.1 Å². The molecule has 0 unspecified atom stereocenters. The summed E-state index contributed by atoms with van der Waals surface area (Å²) >= 11 is 1.47. The summed E-state index contributed by atoms with van der Waals surface area (Å²) in [5.74, 6) is -0.899. The Balaban J connectivity index is 2.23. The molecule has 2 heterocycles. The van der Waals surface area contributed by atoms with E-state index in [0.29, 0.717) is 13.0 Å². The number of carbonyl (C=O) groups excluding carboxylic acids is 3. The number of hydrogen-bond donors (Lipinski definition) is 2. The molecule has 0 spiro atoms. The van der Waals surface area contributed by atoms with Gasteiger partial charge in [-0.1, -0.05) is 65.8 Å². The van der Waals surface area contributed by atoms with E-state index in [1.54, 1.807) is 38.4 Å². The number of aromatic nitrogens is 1. The summed E-state index contributed by atoms with van der Waals surface area (Å²) in [6, 6.07) is -1.58. The maximum absolute atomic E-state index is 13.9. The van der Waals surface area contributed by atoms with Crippen molar-refractivity contribution in [3.8, 4) is 0 Å². The van der Waals surface area contributed by atoms with Crippen molar-refractivity contribution in [3.05, 3.63) is 41.4 Å². The van der Waals surface area contributed by atoms with E-state index < -0.39 is 24.2 Å². The molecule has 0 aromatic carbocycles. The lowest BCUT2D eigenvalue weighted by Crippen LogP contribution is -2.56. The van der Waals surface area contributed by atoms with Gasteiger partial charge in [0, 0.05) is 39.4 Å². The molecule has 10 nitrogen and oxygen atoms in total. The van der Waals surface area contributed by atoms with E-state index in [9.17, 15) is 14.4 Å². The number of nitrogens with two attached hydrogens (primary N) is 1. The zero-order chi connectivity index (χ0) is 33.1. The van der Waals surface area contributed by atoms with Gasteiger partial charge < -0.3 is 30.3 Å². The van der Waals surface area contributed by atoms with Crippen molar-refractivity contribution in [3.63, 3.8) is 0 Å². The van der Waals surface area contributed by atoms with Crippen LogP contribution in [0.3, 0.4) is 0 Å². The van der Waals surface area contributed by atoms with Crippen LogP contribution in [0.4, 0.5) is 0 Å². The highest BCUT2D eigenvalue weighted by atomic mass is 32.1. The summed E-state index contributed by atoms with van der Waals surface area (Å²) in [7, 11) is 4.92. The lowest BCUT2D eigenvalue weighted by Gasteiger charge is -2.40. The number of carbonyl (C=O) groups is 3. The molecule has 3 amide bonds. The topological polar surface area (TPSA) is 127 Å². The molecule has 1 aliphatic heterocycles. The van der Waals surface area contributed by atoms with Gasteiger partial charge in [-0.25, -0.2) is 4.98 Å². The predicted octanol–water partition coefficient (Wildman–Crippen LogP) is 4.34. The number of nitrogens with zero attached hydrogens (tertiary/aromatic N) is 3. The van der Waals surface area contributed by atoms with E-state index in [1.807, 2.05) is 31.1 Å². The first-order valence-electron chi connectivity index (χ1n) is 15.7. The van der Waals surface area contributed by atoms with E-state index in [0.717, 1.165) is 29.8 Å². The fourth-order valence-corrected chi connectivity index (χ4v) is 6.77. The summed E-state index contributed by atoms with van der Waals surface area (Å²) in [5, 5.41) is 5.80. The summed E-state index contributed by atoms with van der Waals surface area (Å²) < 4.78 is 11.8.